The van der Waals surface area contributed by atoms with Crippen LogP contribution in [0.25, 0.3) is 5.52 Å². The van der Waals surface area contributed by atoms with Crippen molar-refractivity contribution >= 4 is 29.1 Å². The van der Waals surface area contributed by atoms with Crippen LogP contribution in [-0.2, 0) is 4.79 Å². The third-order valence-electron chi connectivity index (χ3n) is 5.19. The first-order valence-corrected chi connectivity index (χ1v) is 11.4. The maximum atomic E-state index is 12.6. The first-order chi connectivity index (χ1) is 17.5. The fourth-order valence-corrected chi connectivity index (χ4v) is 3.50. The number of carbonyl (C=O) groups excluding carboxylic acids is 2. The highest BCUT2D eigenvalue weighted by Gasteiger charge is 2.19. The maximum absolute atomic E-state index is 12.6. The molecule has 0 radical (unpaired) electrons. The van der Waals surface area contributed by atoms with Crippen LogP contribution >= 0.6 is 0 Å². The topological polar surface area (TPSA) is 121 Å². The molecule has 0 unspecified atom stereocenters. The number of amides is 1. The molecule has 2 aromatic heterocycles. The SMILES string of the molecule is CC=O.CNCCNC(=O)c1cn2ncc(C#N)c(Nc3ccc(Oc4ccccc4)cc3)c2c1C. The molecule has 9 heteroatoms. The summed E-state index contributed by atoms with van der Waals surface area (Å²) in [5, 5.41) is 23.2. The Morgan fingerprint density at radius 2 is 1.78 bits per heavy atom. The molecule has 0 aliphatic rings. The van der Waals surface area contributed by atoms with E-state index in [9.17, 15) is 10.1 Å². The van der Waals surface area contributed by atoms with Crippen molar-refractivity contribution in [1.82, 2.24) is 20.2 Å². The first-order valence-electron chi connectivity index (χ1n) is 11.4. The van der Waals surface area contributed by atoms with Crippen LogP contribution in [0.15, 0.2) is 67.0 Å². The zero-order valence-corrected chi connectivity index (χ0v) is 20.4. The van der Waals surface area contributed by atoms with Crippen molar-refractivity contribution in [2.24, 2.45) is 0 Å². The normalized spacial score (nSPS) is 10.1. The minimum absolute atomic E-state index is 0.180. The number of aldehydes is 1. The Labute approximate surface area is 209 Å². The van der Waals surface area contributed by atoms with Gasteiger partial charge in [0, 0.05) is 25.0 Å². The number of nitriles is 1. The third kappa shape index (κ3) is 6.25. The predicted octanol–water partition coefficient (Wildman–Crippen LogP) is 4.20. The van der Waals surface area contributed by atoms with Gasteiger partial charge in [-0.1, -0.05) is 18.2 Å². The maximum Gasteiger partial charge on any atom is 0.253 e. The zero-order valence-electron chi connectivity index (χ0n) is 20.4. The van der Waals surface area contributed by atoms with E-state index in [0.29, 0.717) is 41.2 Å². The number of fused-ring (bicyclic) bond motifs is 1. The summed E-state index contributed by atoms with van der Waals surface area (Å²) in [6, 6.07) is 19.2. The summed E-state index contributed by atoms with van der Waals surface area (Å²) in [6.07, 6.45) is 3.92. The average molecular weight is 485 g/mol. The number of nitrogens with zero attached hydrogens (tertiary/aromatic N) is 3. The second kappa shape index (κ2) is 12.7. The van der Waals surface area contributed by atoms with Crippen LogP contribution in [0.1, 0.15) is 28.4 Å². The van der Waals surface area contributed by atoms with Gasteiger partial charge in [0.25, 0.3) is 5.91 Å². The monoisotopic (exact) mass is 484 g/mol. The van der Waals surface area contributed by atoms with Gasteiger partial charge in [0.2, 0.25) is 0 Å². The number of aromatic nitrogens is 2. The lowest BCUT2D eigenvalue weighted by Gasteiger charge is -2.12. The van der Waals surface area contributed by atoms with E-state index in [1.165, 1.54) is 13.1 Å². The molecular weight excluding hydrogens is 456 g/mol. The lowest BCUT2D eigenvalue weighted by atomic mass is 10.1. The molecule has 4 aromatic rings. The van der Waals surface area contributed by atoms with Crippen LogP contribution in [0.2, 0.25) is 0 Å². The molecular formula is C27H28N6O3. The predicted molar refractivity (Wildman–Crippen MR) is 139 cm³/mol. The largest absolute Gasteiger partial charge is 0.457 e. The molecule has 0 fully saturated rings. The molecule has 36 heavy (non-hydrogen) atoms. The van der Waals surface area contributed by atoms with Crippen LogP contribution in [-0.4, -0.2) is 41.9 Å². The Bertz CT molecular complexity index is 1360. The van der Waals surface area contributed by atoms with Crippen molar-refractivity contribution in [3.63, 3.8) is 0 Å². The molecule has 0 bridgehead atoms. The average Bonchev–Trinajstić information content (AvgIpc) is 3.23. The number of hydrogen-bond acceptors (Lipinski definition) is 7. The van der Waals surface area contributed by atoms with Gasteiger partial charge < -0.3 is 25.5 Å². The van der Waals surface area contributed by atoms with Crippen molar-refractivity contribution in [2.45, 2.75) is 13.8 Å². The summed E-state index contributed by atoms with van der Waals surface area (Å²) < 4.78 is 7.47. The first kappa shape index (κ1) is 25.9. The van der Waals surface area contributed by atoms with E-state index in [0.717, 1.165) is 23.3 Å². The smallest absolute Gasteiger partial charge is 0.253 e. The number of benzene rings is 2. The molecule has 0 saturated heterocycles. The highest BCUT2D eigenvalue weighted by atomic mass is 16.5. The molecule has 184 valence electrons. The minimum Gasteiger partial charge on any atom is -0.457 e. The summed E-state index contributed by atoms with van der Waals surface area (Å²) >= 11 is 0. The van der Waals surface area contributed by atoms with E-state index >= 15 is 0 Å². The summed E-state index contributed by atoms with van der Waals surface area (Å²) in [7, 11) is 1.83. The van der Waals surface area contributed by atoms with Gasteiger partial charge in [0.05, 0.1) is 28.5 Å². The Morgan fingerprint density at radius 1 is 1.11 bits per heavy atom. The molecule has 0 saturated carbocycles. The van der Waals surface area contributed by atoms with Crippen molar-refractivity contribution < 1.29 is 14.3 Å². The van der Waals surface area contributed by atoms with E-state index in [2.05, 4.69) is 27.1 Å². The molecule has 2 aromatic carbocycles. The minimum atomic E-state index is -0.180. The molecule has 1 amide bonds. The Balaban J connectivity index is 0.00000115. The van der Waals surface area contributed by atoms with Gasteiger partial charge in [-0.25, -0.2) is 4.52 Å². The molecule has 4 rings (SSSR count). The lowest BCUT2D eigenvalue weighted by molar-refractivity contribution is -0.106. The lowest BCUT2D eigenvalue weighted by Crippen LogP contribution is -2.30. The van der Waals surface area contributed by atoms with Crippen LogP contribution in [0.5, 0.6) is 11.5 Å². The van der Waals surface area contributed by atoms with E-state index < -0.39 is 0 Å². The van der Waals surface area contributed by atoms with Crippen LogP contribution < -0.4 is 20.7 Å². The molecule has 3 N–H and O–H groups in total. The quantitative estimate of drug-likeness (QED) is 0.253. The number of rotatable bonds is 8. The number of para-hydroxylation sites is 1. The highest BCUT2D eigenvalue weighted by Crippen LogP contribution is 2.31. The third-order valence-corrected chi connectivity index (χ3v) is 5.19. The van der Waals surface area contributed by atoms with Gasteiger partial charge in [-0.15, -0.1) is 0 Å². The molecule has 0 aliphatic heterocycles. The van der Waals surface area contributed by atoms with Gasteiger partial charge in [0.15, 0.2) is 0 Å². The van der Waals surface area contributed by atoms with E-state index in [4.69, 9.17) is 9.53 Å². The summed E-state index contributed by atoms with van der Waals surface area (Å²) in [4.78, 5) is 21.4. The number of carbonyl (C=O) groups is 2. The molecule has 2 heterocycles. The van der Waals surface area contributed by atoms with E-state index in [1.54, 1.807) is 10.7 Å². The van der Waals surface area contributed by atoms with Crippen LogP contribution in [0, 0.1) is 18.3 Å². The van der Waals surface area contributed by atoms with E-state index in [1.807, 2.05) is 68.6 Å². The summed E-state index contributed by atoms with van der Waals surface area (Å²) in [5.74, 6) is 1.27. The number of likely N-dealkylation sites (N-methyl/N-ethyl adjacent to an activating group) is 1. The van der Waals surface area contributed by atoms with Crippen molar-refractivity contribution in [1.29, 1.82) is 5.26 Å². The standard InChI is InChI=1S/C25H24N6O2.C2H4O/c1-17-22(25(32)28-13-12-27-2)16-31-24(17)23(18(14-26)15-29-31)30-19-8-10-21(11-9-19)33-20-6-4-3-5-7-20;1-2-3/h3-11,15-16,27,30H,12-13H2,1-2H3,(H,28,32);2H,1H3. The number of nitrogens with one attached hydrogen (secondary N) is 3. The fraction of sp³-hybridized carbons (Fsp3) is 0.185. The van der Waals surface area contributed by atoms with Crippen LogP contribution in [0.4, 0.5) is 11.4 Å². The molecule has 0 spiro atoms. The number of ether oxygens (including phenoxy) is 1. The molecule has 0 aliphatic carbocycles. The number of hydrogen-bond donors (Lipinski definition) is 3. The Morgan fingerprint density at radius 3 is 2.42 bits per heavy atom. The van der Waals surface area contributed by atoms with Gasteiger partial charge in [-0.3, -0.25) is 4.79 Å². The van der Waals surface area contributed by atoms with Crippen molar-refractivity contribution in [3.05, 3.63) is 83.7 Å². The number of aryl methyl sites for hydroxylation is 1. The van der Waals surface area contributed by atoms with Gasteiger partial charge >= 0.3 is 0 Å². The summed E-state index contributed by atoms with van der Waals surface area (Å²) in [6.45, 7) is 4.49. The van der Waals surface area contributed by atoms with Crippen molar-refractivity contribution in [2.75, 3.05) is 25.5 Å². The second-order valence-electron chi connectivity index (χ2n) is 7.67. The van der Waals surface area contributed by atoms with Gasteiger partial charge in [-0.05, 0) is 62.9 Å². The van der Waals surface area contributed by atoms with Crippen molar-refractivity contribution in [3.8, 4) is 17.6 Å². The Hall–Kier alpha value is -4.68. The number of anilines is 2. The fourth-order valence-electron chi connectivity index (χ4n) is 3.50. The van der Waals surface area contributed by atoms with E-state index in [-0.39, 0.29) is 5.91 Å². The van der Waals surface area contributed by atoms with Gasteiger partial charge in [-0.2, -0.15) is 10.4 Å². The second-order valence-corrected chi connectivity index (χ2v) is 7.67. The van der Waals surface area contributed by atoms with Gasteiger partial charge in [0.1, 0.15) is 23.9 Å². The summed E-state index contributed by atoms with van der Waals surface area (Å²) in [5.41, 5.74) is 3.70. The zero-order chi connectivity index (χ0) is 25.9. The molecule has 9 nitrogen and oxygen atoms in total. The Kier molecular flexibility index (Phi) is 9.14. The van der Waals surface area contributed by atoms with Crippen LogP contribution in [0.3, 0.4) is 0 Å². The molecule has 0 atom stereocenters. The highest BCUT2D eigenvalue weighted by molar-refractivity contribution is 6.00.